The summed E-state index contributed by atoms with van der Waals surface area (Å²) in [6, 6.07) is 6.53. The van der Waals surface area contributed by atoms with Gasteiger partial charge < -0.3 is 15.2 Å². The number of aromatic amines is 1. The van der Waals surface area contributed by atoms with Crippen molar-refractivity contribution in [3.8, 4) is 5.75 Å². The smallest absolute Gasteiger partial charge is 0.117 e. The lowest BCUT2D eigenvalue weighted by molar-refractivity contribution is -0.0492. The first-order valence-corrected chi connectivity index (χ1v) is 8.56. The molecular weight excluding hydrogens is 288 g/mol. The van der Waals surface area contributed by atoms with E-state index >= 15 is 0 Å². The number of nitrogens with zero attached hydrogens (tertiary/aromatic N) is 1. The Labute approximate surface area is 135 Å². The Morgan fingerprint density at radius 1 is 1.39 bits per heavy atom. The number of phenols is 1. The Hall–Kier alpha value is -1.78. The average molecular weight is 310 g/mol. The summed E-state index contributed by atoms with van der Waals surface area (Å²) < 4.78 is 0. The van der Waals surface area contributed by atoms with Gasteiger partial charge in [0, 0.05) is 60.2 Å². The first kappa shape index (κ1) is 13.6. The van der Waals surface area contributed by atoms with Crippen LogP contribution in [-0.2, 0) is 6.42 Å². The Morgan fingerprint density at radius 3 is 3.04 bits per heavy atom. The van der Waals surface area contributed by atoms with E-state index in [-0.39, 0.29) is 6.61 Å². The molecule has 4 aliphatic heterocycles. The molecule has 0 amide bonds. The Kier molecular flexibility index (Phi) is 2.74. The third kappa shape index (κ3) is 1.68. The van der Waals surface area contributed by atoms with E-state index in [1.165, 1.54) is 22.2 Å². The molecule has 2 aromatic rings. The van der Waals surface area contributed by atoms with Crippen LogP contribution in [0.5, 0.6) is 5.75 Å². The molecule has 0 spiro atoms. The highest BCUT2D eigenvalue weighted by molar-refractivity contribution is 5.86. The summed E-state index contributed by atoms with van der Waals surface area (Å²) in [5, 5.41) is 21.0. The highest BCUT2D eigenvalue weighted by Crippen LogP contribution is 2.54. The van der Waals surface area contributed by atoms with Crippen molar-refractivity contribution in [3.05, 3.63) is 41.1 Å². The fraction of sp³-hybridized carbons (Fsp3) is 0.474. The highest BCUT2D eigenvalue weighted by atomic mass is 16.3. The molecule has 1 aromatic carbocycles. The predicted molar refractivity (Wildman–Crippen MR) is 89.3 cm³/mol. The third-order valence-electron chi connectivity index (χ3n) is 6.39. The van der Waals surface area contributed by atoms with E-state index in [4.69, 9.17) is 0 Å². The van der Waals surface area contributed by atoms with Gasteiger partial charge in [0.05, 0.1) is 0 Å². The number of aromatic nitrogens is 1. The van der Waals surface area contributed by atoms with E-state index in [1.54, 1.807) is 6.07 Å². The largest absolute Gasteiger partial charge is 0.508 e. The predicted octanol–water partition coefficient (Wildman–Crippen LogP) is 2.73. The molecular formula is C19H22N2O2. The van der Waals surface area contributed by atoms with Crippen LogP contribution in [0.2, 0.25) is 0 Å². The molecule has 3 fully saturated rings. The van der Waals surface area contributed by atoms with Crippen LogP contribution in [0, 0.1) is 11.8 Å². The zero-order valence-electron chi connectivity index (χ0n) is 13.3. The number of fused-ring (bicyclic) bond motifs is 4. The molecule has 4 aliphatic rings. The van der Waals surface area contributed by atoms with Crippen molar-refractivity contribution in [2.24, 2.45) is 11.8 Å². The minimum atomic E-state index is 0.270. The Morgan fingerprint density at radius 2 is 2.26 bits per heavy atom. The number of rotatable bonds is 1. The zero-order valence-corrected chi connectivity index (χ0v) is 13.3. The Balaban J connectivity index is 1.69. The second-order valence-electron chi connectivity index (χ2n) is 7.26. The van der Waals surface area contributed by atoms with Gasteiger partial charge in [0.15, 0.2) is 0 Å². The van der Waals surface area contributed by atoms with Crippen LogP contribution in [0.1, 0.15) is 30.6 Å². The fourth-order valence-corrected chi connectivity index (χ4v) is 5.40. The van der Waals surface area contributed by atoms with Crippen LogP contribution in [-0.4, -0.2) is 39.3 Å². The molecule has 1 aromatic heterocycles. The number of aliphatic hydroxyl groups excluding tert-OH is 1. The molecule has 4 heteroatoms. The van der Waals surface area contributed by atoms with E-state index < -0.39 is 0 Å². The van der Waals surface area contributed by atoms with Crippen LogP contribution in [0.3, 0.4) is 0 Å². The number of hydrogen-bond donors (Lipinski definition) is 3. The van der Waals surface area contributed by atoms with Gasteiger partial charge in [0.25, 0.3) is 0 Å². The van der Waals surface area contributed by atoms with E-state index in [1.807, 2.05) is 12.1 Å². The van der Waals surface area contributed by atoms with Crippen molar-refractivity contribution < 1.29 is 10.2 Å². The molecule has 5 unspecified atom stereocenters. The van der Waals surface area contributed by atoms with E-state index in [0.29, 0.717) is 29.7 Å². The van der Waals surface area contributed by atoms with Gasteiger partial charge in [0.1, 0.15) is 5.75 Å². The molecule has 0 radical (unpaired) electrons. The van der Waals surface area contributed by atoms with Crippen LogP contribution < -0.4 is 0 Å². The molecule has 6 rings (SSSR count). The summed E-state index contributed by atoms with van der Waals surface area (Å²) in [6.07, 6.45) is 4.32. The topological polar surface area (TPSA) is 59.5 Å². The fourth-order valence-electron chi connectivity index (χ4n) is 5.40. The summed E-state index contributed by atoms with van der Waals surface area (Å²) in [6.45, 7) is 3.44. The first-order chi connectivity index (χ1) is 11.2. The van der Waals surface area contributed by atoms with Crippen LogP contribution in [0.25, 0.3) is 10.9 Å². The maximum atomic E-state index is 9.97. The normalized spacial score (nSPS) is 36.6. The number of piperidine rings is 3. The summed E-state index contributed by atoms with van der Waals surface area (Å²) in [5.41, 5.74) is 5.26. The van der Waals surface area contributed by atoms with Crippen LogP contribution in [0.4, 0.5) is 0 Å². The van der Waals surface area contributed by atoms with E-state index in [0.717, 1.165) is 24.9 Å². The van der Waals surface area contributed by atoms with Crippen molar-refractivity contribution >= 4 is 10.9 Å². The summed E-state index contributed by atoms with van der Waals surface area (Å²) in [7, 11) is 0. The van der Waals surface area contributed by atoms with Gasteiger partial charge in [-0.05, 0) is 37.0 Å². The third-order valence-corrected chi connectivity index (χ3v) is 6.39. The van der Waals surface area contributed by atoms with Gasteiger partial charge in [0.2, 0.25) is 0 Å². The number of aliphatic hydroxyl groups is 1. The molecule has 5 heterocycles. The quantitative estimate of drug-likeness (QED) is 0.710. The lowest BCUT2D eigenvalue weighted by Gasteiger charge is -2.58. The van der Waals surface area contributed by atoms with E-state index in [2.05, 4.69) is 22.9 Å². The summed E-state index contributed by atoms with van der Waals surface area (Å²) >= 11 is 0. The first-order valence-electron chi connectivity index (χ1n) is 8.56. The lowest BCUT2D eigenvalue weighted by atomic mass is 9.64. The molecule has 23 heavy (non-hydrogen) atoms. The number of allylic oxidation sites excluding steroid dienone is 1. The second kappa shape index (κ2) is 4.62. The van der Waals surface area contributed by atoms with Gasteiger partial charge in [-0.3, -0.25) is 4.90 Å². The highest BCUT2D eigenvalue weighted by Gasteiger charge is 2.52. The van der Waals surface area contributed by atoms with Gasteiger partial charge in [-0.15, -0.1) is 0 Å². The number of aromatic hydroxyl groups is 1. The molecule has 4 nitrogen and oxygen atoms in total. The minimum Gasteiger partial charge on any atom is -0.508 e. The minimum absolute atomic E-state index is 0.270. The standard InChI is InChI=1S/C19H22N2O2/c1-2-10-8-21-17-7-16-19(18(21)6-13(10)14(17)9-22)12-4-3-11(23)5-15(12)20-16/h2-5,13-14,17-18,20,22-23H,6-9H2,1H3/b10-2-. The maximum absolute atomic E-state index is 9.97. The molecule has 0 aliphatic carbocycles. The molecule has 120 valence electrons. The summed E-state index contributed by atoms with van der Waals surface area (Å²) in [5.74, 6) is 1.17. The van der Waals surface area contributed by atoms with Gasteiger partial charge in [-0.1, -0.05) is 11.6 Å². The van der Waals surface area contributed by atoms with Crippen LogP contribution in [0.15, 0.2) is 29.8 Å². The van der Waals surface area contributed by atoms with Crippen molar-refractivity contribution in [1.29, 1.82) is 0 Å². The molecule has 3 N–H and O–H groups in total. The van der Waals surface area contributed by atoms with Gasteiger partial charge >= 0.3 is 0 Å². The van der Waals surface area contributed by atoms with Crippen molar-refractivity contribution in [2.45, 2.75) is 31.8 Å². The monoisotopic (exact) mass is 310 g/mol. The SMILES string of the molecule is C/C=C1/CN2C3CC1C(CO)C2Cc1[nH]c2cc(O)ccc2c13. The van der Waals surface area contributed by atoms with Gasteiger partial charge in [-0.2, -0.15) is 0 Å². The molecule has 3 saturated heterocycles. The van der Waals surface area contributed by atoms with Gasteiger partial charge in [-0.25, -0.2) is 0 Å². The lowest BCUT2D eigenvalue weighted by Crippen LogP contribution is -2.60. The van der Waals surface area contributed by atoms with Crippen molar-refractivity contribution in [3.63, 3.8) is 0 Å². The number of H-pyrrole nitrogens is 1. The maximum Gasteiger partial charge on any atom is 0.117 e. The van der Waals surface area contributed by atoms with E-state index in [9.17, 15) is 10.2 Å². The number of phenolic OH excluding ortho intramolecular Hbond substituents is 1. The summed E-state index contributed by atoms with van der Waals surface area (Å²) in [4.78, 5) is 6.14. The molecule has 4 bridgehead atoms. The molecule has 5 atom stereocenters. The number of hydrogen-bond acceptors (Lipinski definition) is 3. The second-order valence-corrected chi connectivity index (χ2v) is 7.26. The van der Waals surface area contributed by atoms with Crippen molar-refractivity contribution in [2.75, 3.05) is 13.2 Å². The molecule has 0 saturated carbocycles. The number of benzene rings is 1. The van der Waals surface area contributed by atoms with Crippen molar-refractivity contribution in [1.82, 2.24) is 9.88 Å². The average Bonchev–Trinajstić information content (AvgIpc) is 2.91. The Bertz CT molecular complexity index is 822. The van der Waals surface area contributed by atoms with Crippen LogP contribution >= 0.6 is 0 Å². The number of nitrogens with one attached hydrogen (secondary N) is 1. The zero-order chi connectivity index (χ0) is 15.7.